The van der Waals surface area contributed by atoms with Gasteiger partial charge in [0.05, 0.1) is 18.3 Å². The molecule has 6 rings (SSSR count). The van der Waals surface area contributed by atoms with E-state index in [0.717, 1.165) is 52.0 Å². The molecule has 0 unspecified atom stereocenters. The molecule has 1 N–H and O–H groups in total. The number of anilines is 2. The second kappa shape index (κ2) is 9.53. The third-order valence-electron chi connectivity index (χ3n) is 7.64. The molecule has 0 saturated heterocycles. The van der Waals surface area contributed by atoms with Crippen molar-refractivity contribution < 1.29 is 9.53 Å². The fourth-order valence-electron chi connectivity index (χ4n) is 5.68. The molecule has 1 aliphatic heterocycles. The Labute approximate surface area is 222 Å². The minimum Gasteiger partial charge on any atom is -0.444 e. The van der Waals surface area contributed by atoms with Crippen LogP contribution in [0.4, 0.5) is 16.6 Å². The average Bonchev–Trinajstić information content (AvgIpc) is 3.21. The lowest BCUT2D eigenvalue weighted by Crippen LogP contribution is -2.40. The predicted octanol–water partition coefficient (Wildman–Crippen LogP) is 6.16. The van der Waals surface area contributed by atoms with Crippen molar-refractivity contribution in [3.05, 3.63) is 48.0 Å². The molecule has 9 heteroatoms. The summed E-state index contributed by atoms with van der Waals surface area (Å²) in [6.07, 6.45) is 10.8. The molecule has 1 amide bonds. The van der Waals surface area contributed by atoms with Gasteiger partial charge >= 0.3 is 6.09 Å². The van der Waals surface area contributed by atoms with E-state index in [1.807, 2.05) is 51.5 Å². The SMILES string of the molecule is CC(C)(C)OC(=O)N1CCc2nc(Nc3ncc4c5ccncc5n([C@H]5CC[C@H](C)CC5)c4n3)ccc2C1. The quantitative estimate of drug-likeness (QED) is 0.350. The lowest BCUT2D eigenvalue weighted by atomic mass is 9.87. The zero-order valence-corrected chi connectivity index (χ0v) is 22.6. The normalized spacial score (nSPS) is 19.9. The number of pyridine rings is 2. The third kappa shape index (κ3) is 4.77. The second-order valence-corrected chi connectivity index (χ2v) is 11.7. The van der Waals surface area contributed by atoms with Crippen molar-refractivity contribution in [1.82, 2.24) is 29.4 Å². The summed E-state index contributed by atoms with van der Waals surface area (Å²) in [5.41, 5.74) is 3.56. The molecule has 0 aromatic carbocycles. The van der Waals surface area contributed by atoms with Gasteiger partial charge in [0.15, 0.2) is 0 Å². The van der Waals surface area contributed by atoms with E-state index in [1.54, 1.807) is 4.90 Å². The van der Waals surface area contributed by atoms with Crippen LogP contribution in [0.15, 0.2) is 36.8 Å². The largest absolute Gasteiger partial charge is 0.444 e. The van der Waals surface area contributed by atoms with Gasteiger partial charge in [0.1, 0.15) is 17.1 Å². The second-order valence-electron chi connectivity index (χ2n) is 11.7. The molecule has 4 aromatic heterocycles. The maximum absolute atomic E-state index is 12.5. The minimum absolute atomic E-state index is 0.287. The van der Waals surface area contributed by atoms with Crippen LogP contribution in [0.1, 0.15) is 70.7 Å². The topological polar surface area (TPSA) is 98.1 Å². The lowest BCUT2D eigenvalue weighted by molar-refractivity contribution is 0.0223. The van der Waals surface area contributed by atoms with Crippen molar-refractivity contribution in [1.29, 1.82) is 0 Å². The molecule has 198 valence electrons. The predicted molar refractivity (Wildman–Crippen MR) is 147 cm³/mol. The summed E-state index contributed by atoms with van der Waals surface area (Å²) in [5.74, 6) is 2.00. The highest BCUT2D eigenvalue weighted by Crippen LogP contribution is 2.38. The van der Waals surface area contributed by atoms with Crippen LogP contribution in [-0.4, -0.2) is 47.6 Å². The molecule has 1 saturated carbocycles. The van der Waals surface area contributed by atoms with Crippen LogP contribution in [-0.2, 0) is 17.7 Å². The first-order chi connectivity index (χ1) is 18.2. The monoisotopic (exact) mass is 513 g/mol. The fraction of sp³-hybridized carbons (Fsp3) is 0.483. The fourth-order valence-corrected chi connectivity index (χ4v) is 5.68. The smallest absolute Gasteiger partial charge is 0.410 e. The zero-order chi connectivity index (χ0) is 26.4. The molecule has 1 fully saturated rings. The third-order valence-corrected chi connectivity index (χ3v) is 7.64. The van der Waals surface area contributed by atoms with Crippen LogP contribution in [0.5, 0.6) is 0 Å². The number of fused-ring (bicyclic) bond motifs is 4. The molecule has 0 radical (unpaired) electrons. The molecule has 9 nitrogen and oxygen atoms in total. The Hall–Kier alpha value is -3.75. The van der Waals surface area contributed by atoms with Crippen LogP contribution in [0.2, 0.25) is 0 Å². The molecular weight excluding hydrogens is 478 g/mol. The number of rotatable bonds is 3. The summed E-state index contributed by atoms with van der Waals surface area (Å²) >= 11 is 0. The Kier molecular flexibility index (Phi) is 6.16. The van der Waals surface area contributed by atoms with Crippen LogP contribution < -0.4 is 5.32 Å². The Bertz CT molecular complexity index is 1500. The first-order valence-corrected chi connectivity index (χ1v) is 13.6. The highest BCUT2D eigenvalue weighted by Gasteiger charge is 2.27. The summed E-state index contributed by atoms with van der Waals surface area (Å²) in [5, 5.41) is 5.51. The van der Waals surface area contributed by atoms with Crippen molar-refractivity contribution in [3.63, 3.8) is 0 Å². The van der Waals surface area contributed by atoms with E-state index in [0.29, 0.717) is 37.3 Å². The Morgan fingerprint density at radius 1 is 1.05 bits per heavy atom. The number of nitrogens with one attached hydrogen (secondary N) is 1. The molecule has 4 aromatic rings. The van der Waals surface area contributed by atoms with Gasteiger partial charge in [0, 0.05) is 47.9 Å². The standard InChI is InChI=1S/C29H35N7O2/c1-18-5-8-20(9-6-18)36-24-16-30-13-11-21(24)22-15-31-27(34-26(22)36)33-25-10-7-19-17-35(14-12-23(19)32-25)28(37)38-29(2,3)4/h7,10-11,13,15-16,18,20H,5-6,8-9,12,14,17H2,1-4H3,(H,31,32,33,34)/t18-,20-. The van der Waals surface area contributed by atoms with Gasteiger partial charge in [0.25, 0.3) is 0 Å². The first-order valence-electron chi connectivity index (χ1n) is 13.6. The van der Waals surface area contributed by atoms with Gasteiger partial charge in [0.2, 0.25) is 5.95 Å². The summed E-state index contributed by atoms with van der Waals surface area (Å²) in [4.78, 5) is 33.1. The zero-order valence-electron chi connectivity index (χ0n) is 22.6. The Morgan fingerprint density at radius 2 is 1.87 bits per heavy atom. The van der Waals surface area contributed by atoms with Crippen molar-refractivity contribution in [2.24, 2.45) is 5.92 Å². The number of hydrogen-bond donors (Lipinski definition) is 1. The first kappa shape index (κ1) is 24.6. The van der Waals surface area contributed by atoms with Crippen LogP contribution >= 0.6 is 0 Å². The molecule has 0 bridgehead atoms. The van der Waals surface area contributed by atoms with Gasteiger partial charge < -0.3 is 19.5 Å². The lowest BCUT2D eigenvalue weighted by Gasteiger charge is -2.30. The van der Waals surface area contributed by atoms with Crippen molar-refractivity contribution in [3.8, 4) is 0 Å². The van der Waals surface area contributed by atoms with E-state index in [9.17, 15) is 4.79 Å². The average molecular weight is 514 g/mol. The number of carbonyl (C=O) groups excluding carboxylic acids is 1. The van der Waals surface area contributed by atoms with Gasteiger partial charge in [-0.1, -0.05) is 13.0 Å². The van der Waals surface area contributed by atoms with Crippen LogP contribution in [0, 0.1) is 5.92 Å². The number of nitrogens with zero attached hydrogens (tertiary/aromatic N) is 6. The van der Waals surface area contributed by atoms with E-state index in [-0.39, 0.29) is 6.09 Å². The maximum atomic E-state index is 12.5. The van der Waals surface area contributed by atoms with E-state index in [2.05, 4.69) is 32.8 Å². The molecule has 0 spiro atoms. The van der Waals surface area contributed by atoms with Crippen molar-refractivity contribution in [2.45, 2.75) is 78.0 Å². The summed E-state index contributed by atoms with van der Waals surface area (Å²) < 4.78 is 7.92. The van der Waals surface area contributed by atoms with Crippen LogP contribution in [0.3, 0.4) is 0 Å². The minimum atomic E-state index is -0.512. The highest BCUT2D eigenvalue weighted by atomic mass is 16.6. The van der Waals surface area contributed by atoms with Gasteiger partial charge in [-0.15, -0.1) is 0 Å². The van der Waals surface area contributed by atoms with Gasteiger partial charge in [-0.2, -0.15) is 4.98 Å². The van der Waals surface area contributed by atoms with Crippen molar-refractivity contribution in [2.75, 3.05) is 11.9 Å². The van der Waals surface area contributed by atoms with E-state index < -0.39 is 5.60 Å². The number of amides is 1. The van der Waals surface area contributed by atoms with Crippen LogP contribution in [0.25, 0.3) is 21.9 Å². The summed E-state index contributed by atoms with van der Waals surface area (Å²) in [7, 11) is 0. The van der Waals surface area contributed by atoms with Crippen molar-refractivity contribution >= 4 is 39.8 Å². The van der Waals surface area contributed by atoms with Gasteiger partial charge in [-0.3, -0.25) is 4.98 Å². The number of carbonyl (C=O) groups is 1. The van der Waals surface area contributed by atoms with E-state index in [1.165, 1.54) is 12.8 Å². The summed E-state index contributed by atoms with van der Waals surface area (Å²) in [6, 6.07) is 6.41. The Morgan fingerprint density at radius 3 is 2.66 bits per heavy atom. The molecule has 38 heavy (non-hydrogen) atoms. The van der Waals surface area contributed by atoms with E-state index >= 15 is 0 Å². The molecular formula is C29H35N7O2. The molecule has 2 aliphatic rings. The molecule has 1 aliphatic carbocycles. The number of aromatic nitrogens is 5. The molecule has 5 heterocycles. The summed E-state index contributed by atoms with van der Waals surface area (Å²) in [6.45, 7) is 9.06. The number of ether oxygens (including phenoxy) is 1. The Balaban J connectivity index is 1.26. The van der Waals surface area contributed by atoms with Gasteiger partial charge in [-0.05, 0) is 70.1 Å². The van der Waals surface area contributed by atoms with Gasteiger partial charge in [-0.25, -0.2) is 14.8 Å². The van der Waals surface area contributed by atoms with E-state index in [4.69, 9.17) is 14.7 Å². The number of hydrogen-bond acceptors (Lipinski definition) is 7. The maximum Gasteiger partial charge on any atom is 0.410 e. The highest BCUT2D eigenvalue weighted by molar-refractivity contribution is 6.06. The molecule has 0 atom stereocenters.